The van der Waals surface area contributed by atoms with Gasteiger partial charge in [-0.25, -0.2) is 4.79 Å². The first-order valence-corrected chi connectivity index (χ1v) is 7.74. The molecule has 0 heterocycles. The minimum atomic E-state index is -1.09. The van der Waals surface area contributed by atoms with Crippen molar-refractivity contribution in [2.75, 3.05) is 6.61 Å². The first kappa shape index (κ1) is 17.5. The van der Waals surface area contributed by atoms with E-state index in [1.165, 1.54) is 0 Å². The van der Waals surface area contributed by atoms with Gasteiger partial charge in [0.1, 0.15) is 5.75 Å². The molecular formula is C19H21NO4. The second kappa shape index (κ2) is 8.15. The van der Waals surface area contributed by atoms with E-state index in [9.17, 15) is 14.7 Å². The number of ether oxygens (including phenoxy) is 1. The first-order valence-electron chi connectivity index (χ1n) is 7.74. The second-order valence-corrected chi connectivity index (χ2v) is 5.62. The zero-order valence-electron chi connectivity index (χ0n) is 13.8. The molecule has 0 saturated carbocycles. The summed E-state index contributed by atoms with van der Waals surface area (Å²) in [6, 6.07) is 13.4. The number of amides is 1. The van der Waals surface area contributed by atoms with Crippen molar-refractivity contribution in [1.29, 1.82) is 0 Å². The molecule has 0 aliphatic carbocycles. The van der Waals surface area contributed by atoms with E-state index in [0.717, 1.165) is 16.9 Å². The van der Waals surface area contributed by atoms with Crippen LogP contribution in [0.25, 0.3) is 0 Å². The van der Waals surface area contributed by atoms with Gasteiger partial charge in [-0.15, -0.1) is 0 Å². The van der Waals surface area contributed by atoms with Gasteiger partial charge < -0.3 is 15.2 Å². The average molecular weight is 327 g/mol. The van der Waals surface area contributed by atoms with Gasteiger partial charge in [0, 0.05) is 0 Å². The summed E-state index contributed by atoms with van der Waals surface area (Å²) in [5.41, 5.74) is 2.68. The maximum atomic E-state index is 12.0. The molecule has 1 amide bonds. The average Bonchev–Trinajstić information content (AvgIpc) is 2.55. The number of nitrogens with one attached hydrogen (secondary N) is 1. The highest BCUT2D eigenvalue weighted by Gasteiger charge is 2.21. The van der Waals surface area contributed by atoms with Gasteiger partial charge in [-0.1, -0.05) is 48.0 Å². The minimum Gasteiger partial charge on any atom is -0.493 e. The minimum absolute atomic E-state index is 0.0872. The van der Waals surface area contributed by atoms with Crippen LogP contribution in [0.2, 0.25) is 0 Å². The van der Waals surface area contributed by atoms with Gasteiger partial charge in [-0.3, -0.25) is 4.79 Å². The Balaban J connectivity index is 1.89. The largest absolute Gasteiger partial charge is 0.493 e. The Hall–Kier alpha value is -2.82. The van der Waals surface area contributed by atoms with Crippen LogP contribution in [-0.2, 0) is 9.59 Å². The van der Waals surface area contributed by atoms with Crippen molar-refractivity contribution in [1.82, 2.24) is 5.32 Å². The molecule has 0 aromatic heterocycles. The molecule has 1 atom stereocenters. The predicted octanol–water partition coefficient (Wildman–Crippen LogP) is 3.01. The molecule has 2 rings (SSSR count). The first-order chi connectivity index (χ1) is 11.5. The monoisotopic (exact) mass is 327 g/mol. The molecule has 0 aliphatic heterocycles. The van der Waals surface area contributed by atoms with Gasteiger partial charge in [-0.05, 0) is 31.0 Å². The maximum absolute atomic E-state index is 12.0. The molecule has 0 spiro atoms. The predicted molar refractivity (Wildman–Crippen MR) is 91.0 cm³/mol. The van der Waals surface area contributed by atoms with Gasteiger partial charge in [0.2, 0.25) is 5.91 Å². The summed E-state index contributed by atoms with van der Waals surface area (Å²) < 4.78 is 5.60. The summed E-state index contributed by atoms with van der Waals surface area (Å²) in [7, 11) is 0. The molecule has 0 unspecified atom stereocenters. The molecule has 24 heavy (non-hydrogen) atoms. The summed E-state index contributed by atoms with van der Waals surface area (Å²) in [6.07, 6.45) is 0.0872. The van der Waals surface area contributed by atoms with E-state index in [-0.39, 0.29) is 18.9 Å². The number of carbonyl (C=O) groups is 2. The lowest BCUT2D eigenvalue weighted by molar-refractivity contribution is -0.142. The van der Waals surface area contributed by atoms with Crippen LogP contribution in [0.5, 0.6) is 5.75 Å². The van der Waals surface area contributed by atoms with Crippen LogP contribution in [-0.4, -0.2) is 23.6 Å². The van der Waals surface area contributed by atoms with E-state index in [2.05, 4.69) is 5.32 Å². The second-order valence-electron chi connectivity index (χ2n) is 5.62. The Morgan fingerprint density at radius 3 is 2.46 bits per heavy atom. The molecule has 0 radical (unpaired) electrons. The number of rotatable bonds is 7. The number of carboxylic acids is 1. The molecule has 2 aromatic rings. The zero-order chi connectivity index (χ0) is 17.5. The van der Waals surface area contributed by atoms with E-state index in [1.807, 2.05) is 32.0 Å². The number of hydrogen-bond acceptors (Lipinski definition) is 3. The molecule has 5 nitrogen and oxygen atoms in total. The van der Waals surface area contributed by atoms with Crippen molar-refractivity contribution in [2.45, 2.75) is 26.3 Å². The lowest BCUT2D eigenvalue weighted by atomic mass is 10.1. The van der Waals surface area contributed by atoms with E-state index in [1.54, 1.807) is 30.3 Å². The fourth-order valence-corrected chi connectivity index (χ4v) is 2.38. The number of hydrogen-bond donors (Lipinski definition) is 2. The molecule has 0 aliphatic rings. The number of carboxylic acid groups (broad SMARTS) is 1. The normalized spacial score (nSPS) is 11.6. The van der Waals surface area contributed by atoms with Crippen LogP contribution >= 0.6 is 0 Å². The third kappa shape index (κ3) is 4.84. The van der Waals surface area contributed by atoms with Crippen LogP contribution in [0.4, 0.5) is 0 Å². The van der Waals surface area contributed by atoms with Gasteiger partial charge in [0.15, 0.2) is 6.04 Å². The van der Waals surface area contributed by atoms with Crippen molar-refractivity contribution < 1.29 is 19.4 Å². The Morgan fingerprint density at radius 2 is 1.83 bits per heavy atom. The van der Waals surface area contributed by atoms with Gasteiger partial charge in [0.05, 0.1) is 13.0 Å². The van der Waals surface area contributed by atoms with Gasteiger partial charge >= 0.3 is 5.97 Å². The standard InChI is InChI=1S/C19H21NO4/c1-13-8-9-16(14(2)12-13)24-11-10-17(21)20-18(19(22)23)15-6-4-3-5-7-15/h3-9,12,18H,10-11H2,1-2H3,(H,20,21)(H,22,23)/t18-/m1/s1. The van der Waals surface area contributed by atoms with Gasteiger partial charge in [-0.2, -0.15) is 0 Å². The quantitative estimate of drug-likeness (QED) is 0.819. The molecule has 0 saturated heterocycles. The van der Waals surface area contributed by atoms with E-state index < -0.39 is 12.0 Å². The van der Waals surface area contributed by atoms with Gasteiger partial charge in [0.25, 0.3) is 0 Å². The van der Waals surface area contributed by atoms with Crippen molar-refractivity contribution in [2.24, 2.45) is 0 Å². The lowest BCUT2D eigenvalue weighted by Gasteiger charge is -2.15. The van der Waals surface area contributed by atoms with E-state index in [0.29, 0.717) is 5.56 Å². The van der Waals surface area contributed by atoms with Crippen molar-refractivity contribution in [3.8, 4) is 5.75 Å². The van der Waals surface area contributed by atoms with Crippen molar-refractivity contribution in [3.63, 3.8) is 0 Å². The SMILES string of the molecule is Cc1ccc(OCCC(=O)N[C@@H](C(=O)O)c2ccccc2)c(C)c1. The van der Waals surface area contributed by atoms with Crippen molar-refractivity contribution in [3.05, 3.63) is 65.2 Å². The maximum Gasteiger partial charge on any atom is 0.330 e. The number of aryl methyl sites for hydroxylation is 2. The molecular weight excluding hydrogens is 306 g/mol. The molecule has 5 heteroatoms. The summed E-state index contributed by atoms with van der Waals surface area (Å²) in [6.45, 7) is 4.13. The molecule has 126 valence electrons. The third-order valence-corrected chi connectivity index (χ3v) is 3.60. The number of carbonyl (C=O) groups excluding carboxylic acids is 1. The van der Waals surface area contributed by atoms with Crippen LogP contribution in [0.1, 0.15) is 29.2 Å². The third-order valence-electron chi connectivity index (χ3n) is 3.60. The van der Waals surface area contributed by atoms with E-state index >= 15 is 0 Å². The Labute approximate surface area is 141 Å². The Morgan fingerprint density at radius 1 is 1.12 bits per heavy atom. The number of benzene rings is 2. The van der Waals surface area contributed by atoms with Crippen LogP contribution in [0.3, 0.4) is 0 Å². The Bertz CT molecular complexity index is 713. The highest BCUT2D eigenvalue weighted by atomic mass is 16.5. The Kier molecular flexibility index (Phi) is 5.95. The summed E-state index contributed by atoms with van der Waals surface area (Å²) >= 11 is 0. The zero-order valence-corrected chi connectivity index (χ0v) is 13.8. The topological polar surface area (TPSA) is 75.6 Å². The highest BCUT2D eigenvalue weighted by Crippen LogP contribution is 2.19. The fraction of sp³-hybridized carbons (Fsp3) is 0.263. The highest BCUT2D eigenvalue weighted by molar-refractivity contribution is 5.84. The fourth-order valence-electron chi connectivity index (χ4n) is 2.38. The van der Waals surface area contributed by atoms with Crippen LogP contribution in [0.15, 0.2) is 48.5 Å². The smallest absolute Gasteiger partial charge is 0.330 e. The molecule has 2 aromatic carbocycles. The molecule has 0 bridgehead atoms. The summed E-state index contributed by atoms with van der Waals surface area (Å²) in [5.74, 6) is -0.730. The van der Waals surface area contributed by atoms with Crippen LogP contribution < -0.4 is 10.1 Å². The molecule has 0 fully saturated rings. The van der Waals surface area contributed by atoms with Crippen LogP contribution in [0, 0.1) is 13.8 Å². The summed E-state index contributed by atoms with van der Waals surface area (Å²) in [5, 5.41) is 11.8. The summed E-state index contributed by atoms with van der Waals surface area (Å²) in [4.78, 5) is 23.4. The lowest BCUT2D eigenvalue weighted by Crippen LogP contribution is -2.34. The molecule has 2 N–H and O–H groups in total. The van der Waals surface area contributed by atoms with Crippen molar-refractivity contribution >= 4 is 11.9 Å². The van der Waals surface area contributed by atoms with E-state index in [4.69, 9.17) is 4.74 Å². The number of aliphatic carboxylic acids is 1.